The summed E-state index contributed by atoms with van der Waals surface area (Å²) in [4.78, 5) is 0. The van der Waals surface area contributed by atoms with Crippen LogP contribution in [0.3, 0.4) is 0 Å². The molecule has 0 saturated carbocycles. The smallest absolute Gasteiger partial charge is 0.00928 e. The summed E-state index contributed by atoms with van der Waals surface area (Å²) in [6.45, 7) is 0. The van der Waals surface area contributed by atoms with Crippen molar-refractivity contribution >= 4 is 43.1 Å². The van der Waals surface area contributed by atoms with Crippen LogP contribution in [0.1, 0.15) is 0 Å². The van der Waals surface area contributed by atoms with Crippen LogP contribution in [-0.4, -0.2) is 0 Å². The summed E-state index contributed by atoms with van der Waals surface area (Å²) in [7, 11) is 0. The summed E-state index contributed by atoms with van der Waals surface area (Å²) in [5.41, 5.74) is 7.47. The molecule has 0 bridgehead atoms. The highest BCUT2D eigenvalue weighted by Gasteiger charge is 2.12. The standard InChI is InChI=1S/C40H26/c1-2-11-27(12-3-1)31-23-24-32(34-16-5-4-15-33(31)34)30-14-10-13-28(25-30)29-21-22-39-37-19-7-6-17-35(37)36-18-8-9-20-38(36)40(39)26-29/h1-26H. The summed E-state index contributed by atoms with van der Waals surface area (Å²) >= 11 is 0. The van der Waals surface area contributed by atoms with E-state index in [1.165, 1.54) is 76.5 Å². The maximum absolute atomic E-state index is 2.37. The lowest BCUT2D eigenvalue weighted by molar-refractivity contribution is 1.61. The maximum Gasteiger partial charge on any atom is -0.00928 e. The fourth-order valence-corrected chi connectivity index (χ4v) is 6.37. The van der Waals surface area contributed by atoms with E-state index in [0.717, 1.165) is 0 Å². The molecule has 0 amide bonds. The van der Waals surface area contributed by atoms with Gasteiger partial charge in [-0.25, -0.2) is 0 Å². The summed E-state index contributed by atoms with van der Waals surface area (Å²) in [5.74, 6) is 0. The van der Waals surface area contributed by atoms with E-state index < -0.39 is 0 Å². The summed E-state index contributed by atoms with van der Waals surface area (Å²) in [6, 6.07) is 57.5. The van der Waals surface area contributed by atoms with Crippen molar-refractivity contribution in [2.45, 2.75) is 0 Å². The molecule has 0 heterocycles. The molecule has 0 atom stereocenters. The van der Waals surface area contributed by atoms with E-state index in [-0.39, 0.29) is 0 Å². The van der Waals surface area contributed by atoms with Gasteiger partial charge in [0.1, 0.15) is 0 Å². The van der Waals surface area contributed by atoms with Gasteiger partial charge in [-0.2, -0.15) is 0 Å². The Balaban J connectivity index is 1.30. The minimum Gasteiger partial charge on any atom is -0.0622 e. The number of fused-ring (bicyclic) bond motifs is 7. The second kappa shape index (κ2) is 9.22. The molecule has 40 heavy (non-hydrogen) atoms. The van der Waals surface area contributed by atoms with Gasteiger partial charge in [-0.15, -0.1) is 0 Å². The van der Waals surface area contributed by atoms with Crippen LogP contribution >= 0.6 is 0 Å². The molecule has 8 aromatic carbocycles. The summed E-state index contributed by atoms with van der Waals surface area (Å²) in [6.07, 6.45) is 0. The van der Waals surface area contributed by atoms with Crippen molar-refractivity contribution in [2.24, 2.45) is 0 Å². The Hall–Kier alpha value is -5.20. The average Bonchev–Trinajstić information content (AvgIpc) is 3.04. The molecule has 8 rings (SSSR count). The number of hydrogen-bond donors (Lipinski definition) is 0. The van der Waals surface area contributed by atoms with Gasteiger partial charge in [0.15, 0.2) is 0 Å². The van der Waals surface area contributed by atoms with Crippen LogP contribution in [-0.2, 0) is 0 Å². The molecule has 0 aliphatic heterocycles. The largest absolute Gasteiger partial charge is 0.0622 e. The van der Waals surface area contributed by atoms with E-state index in [9.17, 15) is 0 Å². The zero-order valence-electron chi connectivity index (χ0n) is 22.0. The van der Waals surface area contributed by atoms with Crippen LogP contribution in [0, 0.1) is 0 Å². The Bertz CT molecular complexity index is 2170. The quantitative estimate of drug-likeness (QED) is 0.209. The van der Waals surface area contributed by atoms with Crippen molar-refractivity contribution in [3.8, 4) is 33.4 Å². The Morgan fingerprint density at radius 3 is 1.25 bits per heavy atom. The molecule has 0 nitrogen and oxygen atoms in total. The van der Waals surface area contributed by atoms with Crippen LogP contribution in [0.25, 0.3) is 76.5 Å². The first-order valence-electron chi connectivity index (χ1n) is 13.9. The molecular weight excluding hydrogens is 480 g/mol. The Morgan fingerprint density at radius 2 is 0.625 bits per heavy atom. The predicted molar refractivity (Wildman–Crippen MR) is 173 cm³/mol. The molecule has 0 N–H and O–H groups in total. The highest BCUT2D eigenvalue weighted by atomic mass is 14.2. The molecule has 0 saturated heterocycles. The lowest BCUT2D eigenvalue weighted by atomic mass is 9.90. The molecule has 0 heteroatoms. The lowest BCUT2D eigenvalue weighted by Crippen LogP contribution is -1.87. The monoisotopic (exact) mass is 506 g/mol. The molecule has 0 aliphatic rings. The van der Waals surface area contributed by atoms with Crippen LogP contribution in [0.15, 0.2) is 158 Å². The molecule has 8 aromatic rings. The van der Waals surface area contributed by atoms with Crippen LogP contribution in [0.4, 0.5) is 0 Å². The van der Waals surface area contributed by atoms with E-state index in [0.29, 0.717) is 0 Å². The van der Waals surface area contributed by atoms with E-state index in [1.54, 1.807) is 0 Å². The number of hydrogen-bond acceptors (Lipinski definition) is 0. The molecule has 0 spiro atoms. The van der Waals surface area contributed by atoms with E-state index >= 15 is 0 Å². The van der Waals surface area contributed by atoms with Gasteiger partial charge in [-0.1, -0.05) is 146 Å². The number of benzene rings is 8. The highest BCUT2D eigenvalue weighted by Crippen LogP contribution is 2.39. The van der Waals surface area contributed by atoms with Crippen molar-refractivity contribution in [1.29, 1.82) is 0 Å². The van der Waals surface area contributed by atoms with Gasteiger partial charge in [0.2, 0.25) is 0 Å². The first kappa shape index (κ1) is 22.8. The zero-order chi connectivity index (χ0) is 26.5. The topological polar surface area (TPSA) is 0 Å². The van der Waals surface area contributed by atoms with Crippen molar-refractivity contribution < 1.29 is 0 Å². The van der Waals surface area contributed by atoms with Crippen molar-refractivity contribution in [3.63, 3.8) is 0 Å². The van der Waals surface area contributed by atoms with Gasteiger partial charge in [-0.3, -0.25) is 0 Å². The van der Waals surface area contributed by atoms with Gasteiger partial charge in [-0.05, 0) is 88.6 Å². The maximum atomic E-state index is 2.37. The van der Waals surface area contributed by atoms with Gasteiger partial charge >= 0.3 is 0 Å². The number of rotatable bonds is 3. The van der Waals surface area contributed by atoms with Gasteiger partial charge < -0.3 is 0 Å². The van der Waals surface area contributed by atoms with Crippen LogP contribution < -0.4 is 0 Å². The van der Waals surface area contributed by atoms with Gasteiger partial charge in [0.05, 0.1) is 0 Å². The zero-order valence-corrected chi connectivity index (χ0v) is 22.0. The molecule has 0 aromatic heterocycles. The second-order valence-corrected chi connectivity index (χ2v) is 10.5. The summed E-state index contributed by atoms with van der Waals surface area (Å²) < 4.78 is 0. The van der Waals surface area contributed by atoms with Crippen molar-refractivity contribution in [2.75, 3.05) is 0 Å². The van der Waals surface area contributed by atoms with Crippen LogP contribution in [0.2, 0.25) is 0 Å². The molecule has 0 aliphatic carbocycles. The predicted octanol–water partition coefficient (Wildman–Crippen LogP) is 11.3. The first-order valence-corrected chi connectivity index (χ1v) is 13.9. The normalized spacial score (nSPS) is 11.5. The Kier molecular flexibility index (Phi) is 5.24. The summed E-state index contributed by atoms with van der Waals surface area (Å²) in [5, 5.41) is 10.4. The minimum absolute atomic E-state index is 1.23. The van der Waals surface area contributed by atoms with Crippen LogP contribution in [0.5, 0.6) is 0 Å². The second-order valence-electron chi connectivity index (χ2n) is 10.5. The highest BCUT2D eigenvalue weighted by molar-refractivity contribution is 6.25. The average molecular weight is 507 g/mol. The molecule has 0 radical (unpaired) electrons. The lowest BCUT2D eigenvalue weighted by Gasteiger charge is -2.14. The van der Waals surface area contributed by atoms with Gasteiger partial charge in [0.25, 0.3) is 0 Å². The molecule has 186 valence electrons. The third-order valence-electron chi connectivity index (χ3n) is 8.26. The van der Waals surface area contributed by atoms with Crippen molar-refractivity contribution in [1.82, 2.24) is 0 Å². The SMILES string of the molecule is c1ccc(-c2ccc(-c3cccc(-c4ccc5c6ccccc6c6ccccc6c5c4)c3)c3ccccc23)cc1. The van der Waals surface area contributed by atoms with Crippen molar-refractivity contribution in [3.05, 3.63) is 158 Å². The van der Waals surface area contributed by atoms with E-state index in [4.69, 9.17) is 0 Å². The third kappa shape index (κ3) is 3.61. The van der Waals surface area contributed by atoms with Gasteiger partial charge in [0, 0.05) is 0 Å². The third-order valence-corrected chi connectivity index (χ3v) is 8.26. The van der Waals surface area contributed by atoms with E-state index in [2.05, 4.69) is 158 Å². The fraction of sp³-hybridized carbons (Fsp3) is 0. The molecule has 0 unspecified atom stereocenters. The Labute approximate surface area is 233 Å². The molecular formula is C40H26. The fourth-order valence-electron chi connectivity index (χ4n) is 6.37. The van der Waals surface area contributed by atoms with E-state index in [1.807, 2.05) is 0 Å². The molecule has 0 fully saturated rings. The minimum atomic E-state index is 1.23. The Morgan fingerprint density at radius 1 is 0.200 bits per heavy atom. The first-order chi connectivity index (χ1) is 19.8.